The zero-order chi connectivity index (χ0) is 16.0. The minimum atomic E-state index is -0.668. The van der Waals surface area contributed by atoms with Crippen molar-refractivity contribution in [3.63, 3.8) is 0 Å². The lowest BCUT2D eigenvalue weighted by Gasteiger charge is -2.19. The molecule has 0 spiro atoms. The SMILES string of the molecule is C[C@@H]1C[C@H]1c1ccc(CN2CCC[C@H]2c2nc(C(N)=O)no2)o1. The van der Waals surface area contributed by atoms with Crippen LogP contribution < -0.4 is 5.73 Å². The van der Waals surface area contributed by atoms with E-state index in [4.69, 9.17) is 14.7 Å². The highest BCUT2D eigenvalue weighted by Crippen LogP contribution is 2.47. The predicted octanol–water partition coefficient (Wildman–Crippen LogP) is 2.22. The summed E-state index contributed by atoms with van der Waals surface area (Å²) >= 11 is 0. The molecule has 1 saturated carbocycles. The van der Waals surface area contributed by atoms with Crippen molar-refractivity contribution in [2.75, 3.05) is 6.54 Å². The van der Waals surface area contributed by atoms with Gasteiger partial charge in [-0.25, -0.2) is 0 Å². The van der Waals surface area contributed by atoms with Crippen LogP contribution in [0.2, 0.25) is 0 Å². The standard InChI is InChI=1S/C16H20N4O3/c1-9-7-11(9)13-5-4-10(22-13)8-20-6-2-3-12(20)16-18-15(14(17)21)19-23-16/h4-5,9,11-12H,2-3,6-8H2,1H3,(H2,17,21)/t9-,11-,12+/m1/s1. The van der Waals surface area contributed by atoms with Gasteiger partial charge in [-0.3, -0.25) is 9.69 Å². The van der Waals surface area contributed by atoms with Crippen molar-refractivity contribution < 1.29 is 13.7 Å². The van der Waals surface area contributed by atoms with Crippen LogP contribution in [-0.2, 0) is 6.54 Å². The van der Waals surface area contributed by atoms with Gasteiger partial charge in [0.25, 0.3) is 11.7 Å². The maximum Gasteiger partial charge on any atom is 0.290 e. The van der Waals surface area contributed by atoms with Crippen molar-refractivity contribution in [1.82, 2.24) is 15.0 Å². The molecule has 2 N–H and O–H groups in total. The van der Waals surface area contributed by atoms with Gasteiger partial charge in [0.15, 0.2) is 0 Å². The predicted molar refractivity (Wildman–Crippen MR) is 80.4 cm³/mol. The molecule has 23 heavy (non-hydrogen) atoms. The highest BCUT2D eigenvalue weighted by atomic mass is 16.5. The summed E-state index contributed by atoms with van der Waals surface area (Å²) in [5.74, 6) is 3.11. The average Bonchev–Trinajstić information content (AvgIpc) is 3.01. The molecular weight excluding hydrogens is 296 g/mol. The van der Waals surface area contributed by atoms with Crippen LogP contribution in [-0.4, -0.2) is 27.5 Å². The molecule has 3 heterocycles. The minimum Gasteiger partial charge on any atom is -0.464 e. The van der Waals surface area contributed by atoms with Gasteiger partial charge in [-0.15, -0.1) is 0 Å². The Labute approximate surface area is 133 Å². The molecule has 0 bridgehead atoms. The zero-order valence-electron chi connectivity index (χ0n) is 13.1. The fourth-order valence-corrected chi connectivity index (χ4v) is 3.36. The summed E-state index contributed by atoms with van der Waals surface area (Å²) in [5, 5.41) is 3.63. The van der Waals surface area contributed by atoms with Crippen LogP contribution in [0.5, 0.6) is 0 Å². The van der Waals surface area contributed by atoms with Gasteiger partial charge in [0.05, 0.1) is 12.6 Å². The molecule has 4 rings (SSSR count). The molecule has 2 fully saturated rings. The first-order valence-electron chi connectivity index (χ1n) is 8.08. The molecule has 1 saturated heterocycles. The largest absolute Gasteiger partial charge is 0.464 e. The first-order chi connectivity index (χ1) is 11.1. The molecule has 3 atom stereocenters. The number of hydrogen-bond acceptors (Lipinski definition) is 6. The highest BCUT2D eigenvalue weighted by molar-refractivity contribution is 5.88. The quantitative estimate of drug-likeness (QED) is 0.908. The Bertz CT molecular complexity index is 722. The van der Waals surface area contributed by atoms with Crippen LogP contribution in [0.4, 0.5) is 0 Å². The first kappa shape index (κ1) is 14.4. The number of nitrogens with zero attached hydrogens (tertiary/aromatic N) is 3. The lowest BCUT2D eigenvalue weighted by Crippen LogP contribution is -2.23. The summed E-state index contributed by atoms with van der Waals surface area (Å²) < 4.78 is 11.2. The van der Waals surface area contributed by atoms with Crippen molar-refractivity contribution in [2.24, 2.45) is 11.7 Å². The smallest absolute Gasteiger partial charge is 0.290 e. The Kier molecular flexibility index (Phi) is 3.45. The lowest BCUT2D eigenvalue weighted by atomic mass is 10.2. The van der Waals surface area contributed by atoms with Gasteiger partial charge >= 0.3 is 0 Å². The second kappa shape index (κ2) is 5.49. The van der Waals surface area contributed by atoms with E-state index in [1.54, 1.807) is 0 Å². The van der Waals surface area contributed by atoms with Crippen molar-refractivity contribution in [3.05, 3.63) is 35.4 Å². The second-order valence-electron chi connectivity index (χ2n) is 6.57. The number of furan rings is 1. The maximum absolute atomic E-state index is 11.1. The molecule has 0 aromatic carbocycles. The Hall–Kier alpha value is -2.15. The van der Waals surface area contributed by atoms with Gasteiger partial charge in [-0.2, -0.15) is 4.98 Å². The summed E-state index contributed by atoms with van der Waals surface area (Å²) in [4.78, 5) is 17.5. The minimum absolute atomic E-state index is 0.0176. The van der Waals surface area contributed by atoms with E-state index in [-0.39, 0.29) is 11.9 Å². The number of primary amides is 1. The number of nitrogens with two attached hydrogens (primary N) is 1. The number of likely N-dealkylation sites (tertiary alicyclic amines) is 1. The molecule has 1 aliphatic carbocycles. The number of rotatable bonds is 5. The molecule has 7 nitrogen and oxygen atoms in total. The lowest BCUT2D eigenvalue weighted by molar-refractivity contribution is 0.0987. The Morgan fingerprint density at radius 3 is 3.00 bits per heavy atom. The third kappa shape index (κ3) is 2.76. The Morgan fingerprint density at radius 2 is 2.30 bits per heavy atom. The molecule has 1 aliphatic heterocycles. The van der Waals surface area contributed by atoms with E-state index in [0.29, 0.717) is 18.4 Å². The van der Waals surface area contributed by atoms with Crippen LogP contribution in [0.1, 0.15) is 66.2 Å². The van der Waals surface area contributed by atoms with E-state index < -0.39 is 5.91 Å². The van der Waals surface area contributed by atoms with Gasteiger partial charge in [-0.05, 0) is 43.9 Å². The summed E-state index contributed by atoms with van der Waals surface area (Å²) in [6, 6.07) is 4.16. The van der Waals surface area contributed by atoms with Crippen LogP contribution in [0.25, 0.3) is 0 Å². The molecule has 2 aromatic rings. The first-order valence-corrected chi connectivity index (χ1v) is 8.08. The highest BCUT2D eigenvalue weighted by Gasteiger charge is 2.37. The van der Waals surface area contributed by atoms with E-state index in [2.05, 4.69) is 34.1 Å². The van der Waals surface area contributed by atoms with Gasteiger partial charge in [0, 0.05) is 5.92 Å². The van der Waals surface area contributed by atoms with Crippen LogP contribution in [0, 0.1) is 5.92 Å². The number of hydrogen-bond donors (Lipinski definition) is 1. The Balaban J connectivity index is 1.46. The van der Waals surface area contributed by atoms with Crippen molar-refractivity contribution >= 4 is 5.91 Å². The van der Waals surface area contributed by atoms with E-state index in [0.717, 1.165) is 36.8 Å². The van der Waals surface area contributed by atoms with Crippen LogP contribution in [0.15, 0.2) is 21.1 Å². The molecule has 7 heteroatoms. The van der Waals surface area contributed by atoms with Crippen LogP contribution >= 0.6 is 0 Å². The fraction of sp³-hybridized carbons (Fsp3) is 0.562. The van der Waals surface area contributed by atoms with Crippen molar-refractivity contribution in [3.8, 4) is 0 Å². The fourth-order valence-electron chi connectivity index (χ4n) is 3.36. The van der Waals surface area contributed by atoms with Gasteiger partial charge in [0.2, 0.25) is 5.89 Å². The number of aromatic nitrogens is 2. The van der Waals surface area contributed by atoms with Crippen LogP contribution in [0.3, 0.4) is 0 Å². The molecule has 0 unspecified atom stereocenters. The summed E-state index contributed by atoms with van der Waals surface area (Å²) in [5.41, 5.74) is 5.18. The molecule has 2 aromatic heterocycles. The van der Waals surface area contributed by atoms with Gasteiger partial charge in [0.1, 0.15) is 11.5 Å². The third-order valence-electron chi connectivity index (χ3n) is 4.83. The topological polar surface area (TPSA) is 98.4 Å². The Morgan fingerprint density at radius 1 is 1.48 bits per heavy atom. The summed E-state index contributed by atoms with van der Waals surface area (Å²) in [6.07, 6.45) is 3.19. The average molecular weight is 316 g/mol. The number of amides is 1. The summed E-state index contributed by atoms with van der Waals surface area (Å²) in [7, 11) is 0. The summed E-state index contributed by atoms with van der Waals surface area (Å²) in [6.45, 7) is 3.89. The number of carbonyl (C=O) groups excluding carboxylic acids is 1. The van der Waals surface area contributed by atoms with Crippen molar-refractivity contribution in [1.29, 1.82) is 0 Å². The monoisotopic (exact) mass is 316 g/mol. The molecule has 122 valence electrons. The van der Waals surface area contributed by atoms with E-state index >= 15 is 0 Å². The number of carbonyl (C=O) groups is 1. The normalized spacial score (nSPS) is 27.4. The van der Waals surface area contributed by atoms with E-state index in [1.807, 2.05) is 0 Å². The van der Waals surface area contributed by atoms with Gasteiger partial charge in [-0.1, -0.05) is 12.1 Å². The molecule has 2 aliphatic rings. The van der Waals surface area contributed by atoms with Gasteiger partial charge < -0.3 is 14.7 Å². The van der Waals surface area contributed by atoms with E-state index in [1.165, 1.54) is 6.42 Å². The molecule has 0 radical (unpaired) electrons. The van der Waals surface area contributed by atoms with E-state index in [9.17, 15) is 4.79 Å². The maximum atomic E-state index is 11.1. The molecular formula is C16H20N4O3. The van der Waals surface area contributed by atoms with Crippen molar-refractivity contribution in [2.45, 2.75) is 44.7 Å². The third-order valence-corrected chi connectivity index (χ3v) is 4.83. The zero-order valence-corrected chi connectivity index (χ0v) is 13.1. The molecule has 1 amide bonds. The second-order valence-corrected chi connectivity index (χ2v) is 6.57.